The first-order valence-corrected chi connectivity index (χ1v) is 14.9. The van der Waals surface area contributed by atoms with Gasteiger partial charge in [-0.1, -0.05) is 60.7 Å². The van der Waals surface area contributed by atoms with Crippen molar-refractivity contribution in [2.24, 2.45) is 0 Å². The minimum atomic E-state index is -0.969. The molecule has 4 heterocycles. The highest BCUT2D eigenvalue weighted by molar-refractivity contribution is 6.05. The fraction of sp³-hybridized carbons (Fsp3) is 0.135. The molecule has 0 atom stereocenters. The van der Waals surface area contributed by atoms with Gasteiger partial charge in [-0.15, -0.1) is 0 Å². The van der Waals surface area contributed by atoms with Crippen molar-refractivity contribution in [3.05, 3.63) is 139 Å². The number of pyridine rings is 2. The Balaban J connectivity index is 1.34. The third kappa shape index (κ3) is 5.31. The van der Waals surface area contributed by atoms with Gasteiger partial charge in [0, 0.05) is 59.4 Å². The average molecular weight is 594 g/mol. The summed E-state index contributed by atoms with van der Waals surface area (Å²) in [5.41, 5.74) is 5.68. The number of aromatic nitrogens is 5. The molecule has 8 nitrogen and oxygen atoms in total. The number of hydrogen-bond acceptors (Lipinski definition) is 5. The molecular formula is C37H31N5O3. The number of carboxylic acid groups (broad SMARTS) is 1. The van der Waals surface area contributed by atoms with Gasteiger partial charge < -0.3 is 14.4 Å². The maximum Gasteiger partial charge on any atom is 0.352 e. The Labute approximate surface area is 260 Å². The number of imidazole rings is 1. The predicted octanol–water partition coefficient (Wildman–Crippen LogP) is 7.50. The van der Waals surface area contributed by atoms with E-state index in [0.717, 1.165) is 61.1 Å². The molecule has 0 saturated carbocycles. The molecule has 0 unspecified atom stereocenters. The molecule has 0 aliphatic heterocycles. The standard InChI is InChI=1S/C37H31N5O3/c1-25-16-18-40-36(41-20-19-39-24-41)33(25)31-13-5-12-29-30(14-7-21-45-32-15-4-10-27-9-2-3-11-28(27)32)35(37(43)44)42(34(29)31)23-26-8-6-17-38-22-26/h2-6,8-13,15-20,22,24H,7,14,21,23H2,1H3,(H,43,44). The molecule has 0 saturated heterocycles. The molecule has 7 rings (SSSR count). The second kappa shape index (κ2) is 12.1. The van der Waals surface area contributed by atoms with E-state index in [-0.39, 0.29) is 5.69 Å². The van der Waals surface area contributed by atoms with E-state index in [1.807, 2.05) is 82.9 Å². The van der Waals surface area contributed by atoms with Crippen molar-refractivity contribution >= 4 is 27.6 Å². The lowest BCUT2D eigenvalue weighted by atomic mass is 9.97. The molecule has 4 aromatic heterocycles. The van der Waals surface area contributed by atoms with E-state index in [2.05, 4.69) is 28.2 Å². The van der Waals surface area contributed by atoms with Crippen LogP contribution < -0.4 is 4.74 Å². The maximum atomic E-state index is 13.1. The van der Waals surface area contributed by atoms with E-state index >= 15 is 0 Å². The van der Waals surface area contributed by atoms with Crippen LogP contribution in [0.15, 0.2) is 116 Å². The van der Waals surface area contributed by atoms with E-state index in [1.54, 1.807) is 31.1 Å². The predicted molar refractivity (Wildman–Crippen MR) is 175 cm³/mol. The lowest BCUT2D eigenvalue weighted by molar-refractivity contribution is 0.0684. The Morgan fingerprint density at radius 1 is 0.889 bits per heavy atom. The summed E-state index contributed by atoms with van der Waals surface area (Å²) in [5, 5.41) is 13.8. The molecule has 222 valence electrons. The number of carbonyl (C=O) groups is 1. The Kier molecular flexibility index (Phi) is 7.53. The molecule has 8 heteroatoms. The van der Waals surface area contributed by atoms with Crippen molar-refractivity contribution in [1.82, 2.24) is 24.1 Å². The van der Waals surface area contributed by atoms with Crippen LogP contribution in [0.1, 0.15) is 33.6 Å². The number of hydrogen-bond donors (Lipinski definition) is 1. The summed E-state index contributed by atoms with van der Waals surface area (Å²) in [6.07, 6.45) is 11.8. The van der Waals surface area contributed by atoms with Gasteiger partial charge in [0.15, 0.2) is 0 Å². The highest BCUT2D eigenvalue weighted by atomic mass is 16.5. The number of aryl methyl sites for hydroxylation is 2. The monoisotopic (exact) mass is 593 g/mol. The smallest absolute Gasteiger partial charge is 0.352 e. The Hall–Kier alpha value is -5.76. The molecular weight excluding hydrogens is 562 g/mol. The van der Waals surface area contributed by atoms with E-state index in [0.29, 0.717) is 26.0 Å². The zero-order valence-corrected chi connectivity index (χ0v) is 24.8. The topological polar surface area (TPSA) is 95.1 Å². The summed E-state index contributed by atoms with van der Waals surface area (Å²) < 4.78 is 10.1. The van der Waals surface area contributed by atoms with E-state index in [1.165, 1.54) is 0 Å². The normalized spacial score (nSPS) is 11.3. The molecule has 0 spiro atoms. The zero-order valence-electron chi connectivity index (χ0n) is 24.8. The largest absolute Gasteiger partial charge is 0.493 e. The van der Waals surface area contributed by atoms with Gasteiger partial charge in [-0.3, -0.25) is 9.55 Å². The van der Waals surface area contributed by atoms with Crippen molar-refractivity contribution in [2.75, 3.05) is 6.61 Å². The Bertz CT molecular complexity index is 2130. The quantitative estimate of drug-likeness (QED) is 0.165. The van der Waals surface area contributed by atoms with Crippen LogP contribution in [0.25, 0.3) is 38.6 Å². The number of aromatic carboxylic acids is 1. The molecule has 0 amide bonds. The number of carboxylic acids is 1. The van der Waals surface area contributed by atoms with Crippen LogP contribution in [0.5, 0.6) is 5.75 Å². The van der Waals surface area contributed by atoms with Crippen LogP contribution in [0, 0.1) is 6.92 Å². The fourth-order valence-corrected chi connectivity index (χ4v) is 6.22. The molecule has 0 bridgehead atoms. The van der Waals surface area contributed by atoms with Crippen molar-refractivity contribution in [3.8, 4) is 22.7 Å². The van der Waals surface area contributed by atoms with Gasteiger partial charge in [0.05, 0.1) is 12.1 Å². The number of rotatable bonds is 10. The Morgan fingerprint density at radius 3 is 2.56 bits per heavy atom. The highest BCUT2D eigenvalue weighted by Crippen LogP contribution is 2.39. The number of nitrogens with zero attached hydrogens (tertiary/aromatic N) is 5. The first kappa shape index (κ1) is 28.0. The van der Waals surface area contributed by atoms with Crippen LogP contribution in [0.4, 0.5) is 0 Å². The first-order chi connectivity index (χ1) is 22.1. The van der Waals surface area contributed by atoms with Crippen LogP contribution in [-0.4, -0.2) is 41.8 Å². The van der Waals surface area contributed by atoms with Crippen molar-refractivity contribution in [1.29, 1.82) is 0 Å². The summed E-state index contributed by atoms with van der Waals surface area (Å²) in [6.45, 7) is 2.86. The summed E-state index contributed by atoms with van der Waals surface area (Å²) in [6, 6.07) is 26.1. The van der Waals surface area contributed by atoms with Crippen LogP contribution in [0.3, 0.4) is 0 Å². The minimum Gasteiger partial charge on any atom is -0.493 e. The number of benzene rings is 3. The summed E-state index contributed by atoms with van der Waals surface area (Å²) in [5.74, 6) is 0.590. The lowest BCUT2D eigenvalue weighted by Crippen LogP contribution is -2.12. The molecule has 0 aliphatic rings. The van der Waals surface area contributed by atoms with E-state index in [9.17, 15) is 9.90 Å². The zero-order chi connectivity index (χ0) is 30.8. The van der Waals surface area contributed by atoms with Gasteiger partial charge in [0.1, 0.15) is 23.6 Å². The van der Waals surface area contributed by atoms with Crippen molar-refractivity contribution in [2.45, 2.75) is 26.3 Å². The number of fused-ring (bicyclic) bond motifs is 2. The Morgan fingerprint density at radius 2 is 1.73 bits per heavy atom. The third-order valence-electron chi connectivity index (χ3n) is 8.19. The fourth-order valence-electron chi connectivity index (χ4n) is 6.22. The second-order valence-corrected chi connectivity index (χ2v) is 11.0. The minimum absolute atomic E-state index is 0.275. The number of para-hydroxylation sites is 1. The van der Waals surface area contributed by atoms with Crippen molar-refractivity contribution in [3.63, 3.8) is 0 Å². The van der Waals surface area contributed by atoms with Crippen LogP contribution in [-0.2, 0) is 13.0 Å². The van der Waals surface area contributed by atoms with Gasteiger partial charge in [-0.05, 0) is 60.0 Å². The number of ether oxygens (including phenoxy) is 1. The first-order valence-electron chi connectivity index (χ1n) is 14.9. The SMILES string of the molecule is Cc1ccnc(-n2ccnc2)c1-c1cccc2c(CCCOc3cccc4ccccc34)c(C(=O)O)n(Cc3cccnc3)c12. The molecule has 0 fully saturated rings. The van der Waals surface area contributed by atoms with Crippen LogP contribution in [0.2, 0.25) is 0 Å². The van der Waals surface area contributed by atoms with Gasteiger partial charge in [-0.25, -0.2) is 14.8 Å². The lowest BCUT2D eigenvalue weighted by Gasteiger charge is -2.16. The highest BCUT2D eigenvalue weighted by Gasteiger charge is 2.26. The third-order valence-corrected chi connectivity index (χ3v) is 8.19. The molecule has 3 aromatic carbocycles. The van der Waals surface area contributed by atoms with Gasteiger partial charge >= 0.3 is 5.97 Å². The van der Waals surface area contributed by atoms with E-state index in [4.69, 9.17) is 9.72 Å². The molecule has 0 aliphatic carbocycles. The summed E-state index contributed by atoms with van der Waals surface area (Å²) in [7, 11) is 0. The second-order valence-electron chi connectivity index (χ2n) is 11.0. The molecule has 1 N–H and O–H groups in total. The molecule has 7 aromatic rings. The van der Waals surface area contributed by atoms with Crippen LogP contribution >= 0.6 is 0 Å². The van der Waals surface area contributed by atoms with Crippen molar-refractivity contribution < 1.29 is 14.6 Å². The molecule has 0 radical (unpaired) electrons. The molecule has 45 heavy (non-hydrogen) atoms. The summed E-state index contributed by atoms with van der Waals surface area (Å²) in [4.78, 5) is 26.3. The van der Waals surface area contributed by atoms with Gasteiger partial charge in [0.25, 0.3) is 0 Å². The summed E-state index contributed by atoms with van der Waals surface area (Å²) >= 11 is 0. The maximum absolute atomic E-state index is 13.1. The van der Waals surface area contributed by atoms with Gasteiger partial charge in [0.2, 0.25) is 0 Å². The van der Waals surface area contributed by atoms with Gasteiger partial charge in [-0.2, -0.15) is 0 Å². The average Bonchev–Trinajstić information content (AvgIpc) is 3.71. The van der Waals surface area contributed by atoms with E-state index < -0.39 is 5.97 Å².